The van der Waals surface area contributed by atoms with E-state index in [1.54, 1.807) is 18.2 Å². The second-order valence-electron chi connectivity index (χ2n) is 8.00. The number of carboxylic acids is 1. The first-order valence-electron chi connectivity index (χ1n) is 10.1. The molecule has 0 amide bonds. The van der Waals surface area contributed by atoms with Crippen LogP contribution >= 0.6 is 0 Å². The van der Waals surface area contributed by atoms with Crippen molar-refractivity contribution in [2.45, 2.75) is 31.8 Å². The van der Waals surface area contributed by atoms with Crippen molar-refractivity contribution in [3.05, 3.63) is 94.9 Å². The molecule has 30 heavy (non-hydrogen) atoms. The number of hydrogen-bond acceptors (Lipinski definition) is 3. The summed E-state index contributed by atoms with van der Waals surface area (Å²) >= 11 is 0. The van der Waals surface area contributed by atoms with E-state index in [-0.39, 0.29) is 5.56 Å². The summed E-state index contributed by atoms with van der Waals surface area (Å²) in [5, 5.41) is 20.6. The van der Waals surface area contributed by atoms with Crippen LogP contribution in [-0.4, -0.2) is 25.6 Å². The van der Waals surface area contributed by atoms with Crippen molar-refractivity contribution in [1.82, 2.24) is 9.38 Å². The number of hydrogen-bond donors (Lipinski definition) is 2. The van der Waals surface area contributed by atoms with Gasteiger partial charge in [0.15, 0.2) is 0 Å². The van der Waals surface area contributed by atoms with Crippen molar-refractivity contribution in [2.24, 2.45) is 0 Å². The second kappa shape index (κ2) is 7.11. The fourth-order valence-electron chi connectivity index (χ4n) is 3.99. The maximum atomic E-state index is 11.5. The number of rotatable bonds is 5. The highest BCUT2D eigenvalue weighted by Gasteiger charge is 2.27. The molecule has 5 heteroatoms. The highest BCUT2D eigenvalue weighted by atomic mass is 16.4. The van der Waals surface area contributed by atoms with Gasteiger partial charge in [0.1, 0.15) is 11.8 Å². The fourth-order valence-corrected chi connectivity index (χ4v) is 3.99. The van der Waals surface area contributed by atoms with Gasteiger partial charge in [-0.2, -0.15) is 0 Å². The third-order valence-corrected chi connectivity index (χ3v) is 5.73. The molecule has 0 aliphatic heterocycles. The number of pyridine rings is 1. The molecule has 0 radical (unpaired) electrons. The summed E-state index contributed by atoms with van der Waals surface area (Å²) in [6.45, 7) is 2.01. The van der Waals surface area contributed by atoms with Gasteiger partial charge in [-0.05, 0) is 60.2 Å². The number of aromatic carboxylic acids is 1. The van der Waals surface area contributed by atoms with Crippen LogP contribution in [0.4, 0.5) is 0 Å². The van der Waals surface area contributed by atoms with Crippen LogP contribution in [0.3, 0.4) is 0 Å². The Hall–Kier alpha value is -3.44. The van der Waals surface area contributed by atoms with Crippen molar-refractivity contribution >= 4 is 11.6 Å². The summed E-state index contributed by atoms with van der Waals surface area (Å²) in [7, 11) is 0. The summed E-state index contributed by atoms with van der Waals surface area (Å²) in [5.41, 5.74) is 6.26. The first kappa shape index (κ1) is 18.6. The van der Waals surface area contributed by atoms with Crippen LogP contribution < -0.4 is 0 Å². The van der Waals surface area contributed by atoms with Crippen molar-refractivity contribution < 1.29 is 15.0 Å². The highest BCUT2D eigenvalue weighted by Crippen LogP contribution is 2.40. The molecule has 2 aromatic carbocycles. The SMILES string of the molecule is Cc1cc(C(O)c2ccc(-c3ccccc3C(=O)O)cc2)n2cc(C3CC3)nc2c1. The van der Waals surface area contributed by atoms with Gasteiger partial charge in [-0.3, -0.25) is 0 Å². The zero-order valence-electron chi connectivity index (χ0n) is 16.6. The van der Waals surface area contributed by atoms with E-state index in [0.717, 1.165) is 33.7 Å². The molecule has 150 valence electrons. The number of aliphatic hydroxyl groups excluding tert-OH is 1. The van der Waals surface area contributed by atoms with Crippen LogP contribution in [0.15, 0.2) is 66.9 Å². The van der Waals surface area contributed by atoms with Gasteiger partial charge in [0.25, 0.3) is 0 Å². The Morgan fingerprint density at radius 3 is 2.53 bits per heavy atom. The van der Waals surface area contributed by atoms with Gasteiger partial charge in [0, 0.05) is 12.1 Å². The molecule has 2 heterocycles. The standard InChI is InChI=1S/C25H22N2O3/c1-15-12-22(27-14-21(17-8-9-17)26-23(27)13-15)24(28)18-10-6-16(7-11-18)19-4-2-3-5-20(19)25(29)30/h2-7,10-14,17,24,28H,8-9H2,1H3,(H,29,30). The minimum atomic E-state index is -0.955. The Kier molecular flexibility index (Phi) is 4.40. The lowest BCUT2D eigenvalue weighted by Gasteiger charge is -2.15. The molecule has 2 aromatic heterocycles. The summed E-state index contributed by atoms with van der Waals surface area (Å²) in [5.74, 6) is -0.410. The molecule has 1 fully saturated rings. The number of aryl methyl sites for hydroxylation is 1. The monoisotopic (exact) mass is 398 g/mol. The van der Waals surface area contributed by atoms with E-state index in [2.05, 4.69) is 0 Å². The van der Waals surface area contributed by atoms with Gasteiger partial charge in [0.2, 0.25) is 0 Å². The first-order chi connectivity index (χ1) is 14.5. The molecule has 5 nitrogen and oxygen atoms in total. The number of imidazole rings is 1. The van der Waals surface area contributed by atoms with E-state index in [0.29, 0.717) is 11.5 Å². The molecule has 0 spiro atoms. The highest BCUT2D eigenvalue weighted by molar-refractivity contribution is 5.96. The van der Waals surface area contributed by atoms with Crippen molar-refractivity contribution in [3.8, 4) is 11.1 Å². The zero-order chi connectivity index (χ0) is 20.8. The van der Waals surface area contributed by atoms with Crippen LogP contribution in [0.5, 0.6) is 0 Å². The van der Waals surface area contributed by atoms with Gasteiger partial charge in [-0.25, -0.2) is 9.78 Å². The maximum absolute atomic E-state index is 11.5. The molecule has 1 unspecified atom stereocenters. The normalized spacial score (nSPS) is 14.7. The molecule has 0 saturated heterocycles. The summed E-state index contributed by atoms with van der Waals surface area (Å²) in [6, 6.07) is 18.4. The van der Waals surface area contributed by atoms with E-state index in [9.17, 15) is 15.0 Å². The predicted molar refractivity (Wildman–Crippen MR) is 115 cm³/mol. The van der Waals surface area contributed by atoms with E-state index in [1.807, 2.05) is 60.0 Å². The van der Waals surface area contributed by atoms with Crippen LogP contribution in [0.2, 0.25) is 0 Å². The van der Waals surface area contributed by atoms with Crippen LogP contribution in [0.1, 0.15) is 57.7 Å². The molecule has 1 aliphatic carbocycles. The van der Waals surface area contributed by atoms with Crippen molar-refractivity contribution in [1.29, 1.82) is 0 Å². The molecule has 4 aromatic rings. The topological polar surface area (TPSA) is 74.8 Å². The Balaban J connectivity index is 1.52. The molecule has 1 saturated carbocycles. The molecular formula is C25H22N2O3. The lowest BCUT2D eigenvalue weighted by Crippen LogP contribution is -2.06. The van der Waals surface area contributed by atoms with Crippen molar-refractivity contribution in [2.75, 3.05) is 0 Å². The van der Waals surface area contributed by atoms with Crippen LogP contribution in [0, 0.1) is 6.92 Å². The number of fused-ring (bicyclic) bond motifs is 1. The quantitative estimate of drug-likeness (QED) is 0.498. The van der Waals surface area contributed by atoms with Gasteiger partial charge < -0.3 is 14.6 Å². The van der Waals surface area contributed by atoms with Gasteiger partial charge >= 0.3 is 5.97 Å². The van der Waals surface area contributed by atoms with Crippen molar-refractivity contribution in [3.63, 3.8) is 0 Å². The average Bonchev–Trinajstić information content (AvgIpc) is 3.52. The molecule has 1 atom stereocenters. The zero-order valence-corrected chi connectivity index (χ0v) is 16.6. The summed E-state index contributed by atoms with van der Waals surface area (Å²) < 4.78 is 1.99. The second-order valence-corrected chi connectivity index (χ2v) is 8.00. The number of carboxylic acid groups (broad SMARTS) is 1. The molecule has 0 bridgehead atoms. The number of benzene rings is 2. The Labute approximate surface area is 174 Å². The van der Waals surface area contributed by atoms with Gasteiger partial charge in [0.05, 0.1) is 17.0 Å². The largest absolute Gasteiger partial charge is 0.478 e. The average molecular weight is 398 g/mol. The minimum absolute atomic E-state index is 0.261. The lowest BCUT2D eigenvalue weighted by atomic mass is 9.97. The van der Waals surface area contributed by atoms with Gasteiger partial charge in [-0.15, -0.1) is 0 Å². The smallest absolute Gasteiger partial charge is 0.336 e. The van der Waals surface area contributed by atoms with Crippen LogP contribution in [0.25, 0.3) is 16.8 Å². The number of aliphatic hydroxyl groups is 1. The Morgan fingerprint density at radius 2 is 1.83 bits per heavy atom. The Morgan fingerprint density at radius 1 is 1.10 bits per heavy atom. The van der Waals surface area contributed by atoms with Gasteiger partial charge in [-0.1, -0.05) is 42.5 Å². The lowest BCUT2D eigenvalue weighted by molar-refractivity contribution is 0.0697. The van der Waals surface area contributed by atoms with E-state index in [4.69, 9.17) is 4.98 Å². The molecule has 5 rings (SSSR count). The van der Waals surface area contributed by atoms with E-state index in [1.165, 1.54) is 12.8 Å². The number of carbonyl (C=O) groups is 1. The number of nitrogens with zero attached hydrogens (tertiary/aromatic N) is 2. The molecule has 1 aliphatic rings. The molecule has 2 N–H and O–H groups in total. The fraction of sp³-hybridized carbons (Fsp3) is 0.200. The summed E-state index contributed by atoms with van der Waals surface area (Å²) in [6.07, 6.45) is 3.60. The third-order valence-electron chi connectivity index (χ3n) is 5.73. The predicted octanol–water partition coefficient (Wildman–Crippen LogP) is 4.97. The summed E-state index contributed by atoms with van der Waals surface area (Å²) in [4.78, 5) is 16.3. The third kappa shape index (κ3) is 3.27. The first-order valence-corrected chi connectivity index (χ1v) is 10.1. The van der Waals surface area contributed by atoms with Crippen LogP contribution in [-0.2, 0) is 0 Å². The number of aromatic nitrogens is 2. The Bertz CT molecular complexity index is 1250. The maximum Gasteiger partial charge on any atom is 0.336 e. The molecular weight excluding hydrogens is 376 g/mol. The van der Waals surface area contributed by atoms with E-state index < -0.39 is 12.1 Å². The van der Waals surface area contributed by atoms with E-state index >= 15 is 0 Å². The minimum Gasteiger partial charge on any atom is -0.478 e.